The maximum absolute atomic E-state index is 12.0. The van der Waals surface area contributed by atoms with Gasteiger partial charge < -0.3 is 9.47 Å². The van der Waals surface area contributed by atoms with Crippen LogP contribution in [0.3, 0.4) is 0 Å². The summed E-state index contributed by atoms with van der Waals surface area (Å²) in [7, 11) is 1.44. The molecule has 0 spiro atoms. The number of allylic oxidation sites excluding steroid dienone is 1. The Morgan fingerprint density at radius 1 is 0.964 bits per heavy atom. The van der Waals surface area contributed by atoms with Crippen molar-refractivity contribution in [3.8, 4) is 0 Å². The van der Waals surface area contributed by atoms with Crippen molar-refractivity contribution in [1.29, 1.82) is 0 Å². The third-order valence-corrected chi connectivity index (χ3v) is 5.27. The summed E-state index contributed by atoms with van der Waals surface area (Å²) in [4.78, 5) is 24.8. The average Bonchev–Trinajstić information content (AvgIpc) is 3.10. The van der Waals surface area contributed by atoms with E-state index in [4.69, 9.17) is 4.74 Å². The molecule has 0 fully saturated rings. The summed E-state index contributed by atoms with van der Waals surface area (Å²) >= 11 is 1.48. The first kappa shape index (κ1) is 24.4. The van der Waals surface area contributed by atoms with Crippen LogP contribution in [0.5, 0.6) is 0 Å². The maximum Gasteiger partial charge on any atom is 0.348 e. The standard InChI is InChI=1S/C23H36O4S/c1-23(2,3)27-22(25)20-18-17-19(28-20)15-13-11-9-7-5-6-8-10-12-14-16-21(24)26-4/h13,15,17-18H,5-12,14,16H2,1-4H3/b15-13+. The van der Waals surface area contributed by atoms with Crippen LogP contribution in [0.15, 0.2) is 18.2 Å². The van der Waals surface area contributed by atoms with Crippen molar-refractivity contribution in [3.05, 3.63) is 28.0 Å². The molecule has 0 N–H and O–H groups in total. The Bertz CT molecular complexity index is 610. The quantitative estimate of drug-likeness (QED) is 0.266. The van der Waals surface area contributed by atoms with Crippen LogP contribution >= 0.6 is 11.3 Å². The third kappa shape index (κ3) is 12.0. The number of hydrogen-bond donors (Lipinski definition) is 0. The van der Waals surface area contributed by atoms with E-state index in [0.29, 0.717) is 11.3 Å². The van der Waals surface area contributed by atoms with E-state index >= 15 is 0 Å². The minimum Gasteiger partial charge on any atom is -0.469 e. The lowest BCUT2D eigenvalue weighted by atomic mass is 10.1. The molecule has 1 rings (SSSR count). The molecule has 0 unspecified atom stereocenters. The molecule has 0 saturated heterocycles. The van der Waals surface area contributed by atoms with Crippen molar-refractivity contribution in [2.24, 2.45) is 0 Å². The van der Waals surface area contributed by atoms with Crippen LogP contribution in [-0.2, 0) is 14.3 Å². The van der Waals surface area contributed by atoms with Gasteiger partial charge in [-0.3, -0.25) is 4.79 Å². The van der Waals surface area contributed by atoms with Gasteiger partial charge in [0.2, 0.25) is 0 Å². The van der Waals surface area contributed by atoms with E-state index in [1.54, 1.807) is 0 Å². The Kier molecular flexibility index (Phi) is 11.8. The van der Waals surface area contributed by atoms with Crippen LogP contribution < -0.4 is 0 Å². The number of unbranched alkanes of at least 4 members (excludes halogenated alkanes) is 8. The summed E-state index contributed by atoms with van der Waals surface area (Å²) in [6, 6.07) is 3.81. The maximum atomic E-state index is 12.0. The zero-order valence-corrected chi connectivity index (χ0v) is 18.7. The van der Waals surface area contributed by atoms with Gasteiger partial charge in [-0.25, -0.2) is 4.79 Å². The highest BCUT2D eigenvalue weighted by Gasteiger charge is 2.18. The van der Waals surface area contributed by atoms with Crippen LogP contribution in [0.2, 0.25) is 0 Å². The number of methoxy groups -OCH3 is 1. The molecule has 0 aliphatic carbocycles. The number of hydrogen-bond acceptors (Lipinski definition) is 5. The number of esters is 2. The molecule has 0 amide bonds. The SMILES string of the molecule is COC(=O)CCCCCCCCCC/C=C/c1ccc(C(=O)OC(C)(C)C)s1. The highest BCUT2D eigenvalue weighted by molar-refractivity contribution is 7.14. The zero-order chi connectivity index (χ0) is 20.8. The van der Waals surface area contributed by atoms with Gasteiger partial charge in [-0.15, -0.1) is 11.3 Å². The average molecular weight is 409 g/mol. The van der Waals surface area contributed by atoms with Crippen molar-refractivity contribution < 1.29 is 19.1 Å². The van der Waals surface area contributed by atoms with Gasteiger partial charge >= 0.3 is 11.9 Å². The second kappa shape index (κ2) is 13.5. The lowest BCUT2D eigenvalue weighted by Crippen LogP contribution is -2.23. The fraction of sp³-hybridized carbons (Fsp3) is 0.652. The molecule has 158 valence electrons. The van der Waals surface area contributed by atoms with Crippen molar-refractivity contribution in [3.63, 3.8) is 0 Å². The summed E-state index contributed by atoms with van der Waals surface area (Å²) in [5.74, 6) is -0.348. The number of carbonyl (C=O) groups excluding carboxylic acids is 2. The minimum absolute atomic E-state index is 0.100. The van der Waals surface area contributed by atoms with Crippen molar-refractivity contribution >= 4 is 29.4 Å². The molecule has 0 atom stereocenters. The normalized spacial score (nSPS) is 11.7. The van der Waals surface area contributed by atoms with Crippen molar-refractivity contribution in [2.45, 2.75) is 90.6 Å². The van der Waals surface area contributed by atoms with Gasteiger partial charge in [0.15, 0.2) is 0 Å². The van der Waals surface area contributed by atoms with E-state index in [1.807, 2.05) is 32.9 Å². The van der Waals surface area contributed by atoms with Crippen LogP contribution in [0.1, 0.15) is 99.5 Å². The molecule has 0 aliphatic heterocycles. The summed E-state index contributed by atoms with van der Waals surface area (Å²) < 4.78 is 10.0. The van der Waals surface area contributed by atoms with Gasteiger partial charge in [0.25, 0.3) is 0 Å². The van der Waals surface area contributed by atoms with Crippen LogP contribution in [0, 0.1) is 0 Å². The monoisotopic (exact) mass is 408 g/mol. The largest absolute Gasteiger partial charge is 0.469 e. The molecule has 0 bridgehead atoms. The van der Waals surface area contributed by atoms with Crippen LogP contribution in [0.4, 0.5) is 0 Å². The van der Waals surface area contributed by atoms with E-state index in [0.717, 1.165) is 24.1 Å². The van der Waals surface area contributed by atoms with Gasteiger partial charge in [0.1, 0.15) is 10.5 Å². The van der Waals surface area contributed by atoms with Gasteiger partial charge in [-0.2, -0.15) is 0 Å². The van der Waals surface area contributed by atoms with E-state index < -0.39 is 5.60 Å². The predicted molar refractivity (Wildman–Crippen MR) is 117 cm³/mol. The van der Waals surface area contributed by atoms with Crippen molar-refractivity contribution in [1.82, 2.24) is 0 Å². The Labute approximate surface area is 174 Å². The third-order valence-electron chi connectivity index (χ3n) is 4.24. The summed E-state index contributed by atoms with van der Waals surface area (Å²) in [5, 5.41) is 0. The summed E-state index contributed by atoms with van der Waals surface area (Å²) in [6.45, 7) is 5.64. The first-order chi connectivity index (χ1) is 13.3. The van der Waals surface area contributed by atoms with Crippen molar-refractivity contribution in [2.75, 3.05) is 7.11 Å². The number of carbonyl (C=O) groups is 2. The predicted octanol–water partition coefficient (Wildman–Crippen LogP) is 6.79. The summed E-state index contributed by atoms with van der Waals surface area (Å²) in [6.07, 6.45) is 15.4. The van der Waals surface area contributed by atoms with Gasteiger partial charge in [0.05, 0.1) is 7.11 Å². The first-order valence-electron chi connectivity index (χ1n) is 10.4. The molecule has 0 aliphatic rings. The van der Waals surface area contributed by atoms with E-state index in [1.165, 1.54) is 57.0 Å². The molecule has 1 aromatic rings. The molecular formula is C23H36O4S. The lowest BCUT2D eigenvalue weighted by Gasteiger charge is -2.18. The highest BCUT2D eigenvalue weighted by atomic mass is 32.1. The Morgan fingerprint density at radius 2 is 1.57 bits per heavy atom. The van der Waals surface area contributed by atoms with E-state index in [-0.39, 0.29) is 11.9 Å². The Morgan fingerprint density at radius 3 is 2.18 bits per heavy atom. The highest BCUT2D eigenvalue weighted by Crippen LogP contribution is 2.21. The van der Waals surface area contributed by atoms with Gasteiger partial charge in [-0.05, 0) is 58.2 Å². The lowest BCUT2D eigenvalue weighted by molar-refractivity contribution is -0.140. The summed E-state index contributed by atoms with van der Waals surface area (Å²) in [5.41, 5.74) is -0.458. The second-order valence-electron chi connectivity index (χ2n) is 8.05. The number of ether oxygens (including phenoxy) is 2. The van der Waals surface area contributed by atoms with E-state index in [9.17, 15) is 9.59 Å². The molecule has 4 nitrogen and oxygen atoms in total. The Hall–Kier alpha value is -1.62. The first-order valence-corrected chi connectivity index (χ1v) is 11.2. The molecule has 0 saturated carbocycles. The van der Waals surface area contributed by atoms with Gasteiger partial charge in [-0.1, -0.05) is 44.6 Å². The van der Waals surface area contributed by atoms with Gasteiger partial charge in [0, 0.05) is 11.3 Å². The fourth-order valence-corrected chi connectivity index (χ4v) is 3.59. The molecule has 5 heteroatoms. The number of thiophene rings is 1. The molecule has 1 aromatic heterocycles. The molecule has 28 heavy (non-hydrogen) atoms. The van der Waals surface area contributed by atoms with Crippen LogP contribution in [-0.4, -0.2) is 24.6 Å². The van der Waals surface area contributed by atoms with Crippen LogP contribution in [0.25, 0.3) is 6.08 Å². The topological polar surface area (TPSA) is 52.6 Å². The second-order valence-corrected chi connectivity index (χ2v) is 9.16. The molecule has 0 aromatic carbocycles. The van der Waals surface area contributed by atoms with E-state index in [2.05, 4.69) is 16.9 Å². The Balaban J connectivity index is 2.05. The fourth-order valence-electron chi connectivity index (χ4n) is 2.77. The molecular weight excluding hydrogens is 372 g/mol. The smallest absolute Gasteiger partial charge is 0.348 e. The molecule has 1 heterocycles. The zero-order valence-electron chi connectivity index (χ0n) is 17.9. The minimum atomic E-state index is -0.458. The molecule has 0 radical (unpaired) electrons. The number of rotatable bonds is 13.